The summed E-state index contributed by atoms with van der Waals surface area (Å²) in [5, 5.41) is 0. The molecule has 0 rings (SSSR count). The molecule has 13 heavy (non-hydrogen) atoms. The van der Waals surface area contributed by atoms with Gasteiger partial charge in [0.2, 0.25) is 0 Å². The van der Waals surface area contributed by atoms with Crippen LogP contribution in [0.4, 0.5) is 0 Å². The molecule has 0 aromatic heterocycles. The molecule has 0 aromatic carbocycles. The standard InChI is InChI=1S/C7H12N.K.H3O3P/c1-3-5-7(8)6-4-2;;1-4(2)3/h3-4H,1-2,5-6,8H2;;4H,(H2,1,2,3). The molecule has 72 valence electrons. The first-order valence-corrected chi connectivity index (χ1v) is 6.64. The van der Waals surface area contributed by atoms with Gasteiger partial charge in [-0.3, -0.25) is 4.57 Å². The Hall–Kier alpha value is 1.23. The molecule has 0 spiro atoms. The Morgan fingerprint density at radius 2 is 1.62 bits per heavy atom. The fraction of sp³-hybridized carbons (Fsp3) is 0.429. The molecule has 0 aromatic rings. The smallest absolute Gasteiger partial charge is 0.314 e. The van der Waals surface area contributed by atoms with Crippen molar-refractivity contribution in [3.63, 3.8) is 0 Å². The van der Waals surface area contributed by atoms with E-state index in [0.29, 0.717) is 49.0 Å². The number of hydrogen-bond donors (Lipinski definition) is 3. The first-order chi connectivity index (χ1) is 5.85. The molecule has 0 aliphatic rings. The maximum absolute atomic E-state index is 8.74. The van der Waals surface area contributed by atoms with Crippen LogP contribution in [0.2, 0.25) is 0 Å². The molecule has 0 saturated heterocycles. The average molecular weight is 231 g/mol. The Morgan fingerprint density at radius 1 is 1.38 bits per heavy atom. The van der Waals surface area contributed by atoms with Crippen molar-refractivity contribution in [2.24, 2.45) is 5.73 Å². The zero-order valence-corrected chi connectivity index (χ0v) is 12.0. The summed E-state index contributed by atoms with van der Waals surface area (Å²) < 4.78 is 8.79. The molecule has 0 unspecified atom stereocenters. The summed E-state index contributed by atoms with van der Waals surface area (Å²) in [5.74, 6) is 0. The summed E-state index contributed by atoms with van der Waals surface area (Å²) in [7, 11) is -3.13. The van der Waals surface area contributed by atoms with Gasteiger partial charge in [0.25, 0.3) is 0 Å². The summed E-state index contributed by atoms with van der Waals surface area (Å²) in [5.41, 5.74) is 5.88. The minimum Gasteiger partial charge on any atom is -0.326 e. The van der Waals surface area contributed by atoms with Crippen LogP contribution in [0.5, 0.6) is 0 Å². The number of hydrogen-bond acceptors (Lipinski definition) is 2. The van der Waals surface area contributed by atoms with Gasteiger partial charge in [0.05, 0.1) is 0 Å². The average Bonchev–Trinajstić information content (AvgIpc) is 1.84. The molecule has 0 atom stereocenters. The van der Waals surface area contributed by atoms with Crippen molar-refractivity contribution in [2.75, 3.05) is 0 Å². The number of nitrogens with two attached hydrogens (primary N) is 1. The molecule has 0 saturated carbocycles. The summed E-state index contributed by atoms with van der Waals surface area (Å²) >= 11 is 0.655. The van der Waals surface area contributed by atoms with Crippen molar-refractivity contribution >= 4 is 57.2 Å². The third kappa shape index (κ3) is 19.6. The van der Waals surface area contributed by atoms with Crippen LogP contribution >= 0.6 is 8.25 Å². The molecule has 4 N–H and O–H groups in total. The number of rotatable bonds is 4. The second kappa shape index (κ2) is 9.77. The molecule has 0 radical (unpaired) electrons. The van der Waals surface area contributed by atoms with Crippen LogP contribution < -0.4 is 5.73 Å². The summed E-state index contributed by atoms with van der Waals surface area (Å²) in [6.45, 7) is 7.29. The van der Waals surface area contributed by atoms with Gasteiger partial charge in [-0.15, -0.1) is 0 Å². The van der Waals surface area contributed by atoms with Crippen LogP contribution in [0, 0.1) is 0 Å². The fourth-order valence-corrected chi connectivity index (χ4v) is 1.64. The van der Waals surface area contributed by atoms with Crippen LogP contribution in [0.15, 0.2) is 25.3 Å². The summed E-state index contributed by atoms with van der Waals surface area (Å²) in [6.07, 6.45) is 5.63. The third-order valence-corrected chi connectivity index (χ3v) is 2.50. The first kappa shape index (κ1) is 16.6. The van der Waals surface area contributed by atoms with Gasteiger partial charge in [-0.25, -0.2) is 0 Å². The molecule has 0 aliphatic heterocycles. The molecular weight excluding hydrogens is 216 g/mol. The van der Waals surface area contributed by atoms with Gasteiger partial charge in [-0.2, -0.15) is 0 Å². The van der Waals surface area contributed by atoms with Crippen molar-refractivity contribution in [1.29, 1.82) is 0 Å². The third-order valence-electron chi connectivity index (χ3n) is 1.22. The van der Waals surface area contributed by atoms with Gasteiger partial charge in [-0.1, -0.05) is 0 Å². The maximum Gasteiger partial charge on any atom is 0.314 e. The quantitative estimate of drug-likeness (QED) is 0.370. The van der Waals surface area contributed by atoms with Crippen LogP contribution in [-0.4, -0.2) is 58.4 Å². The molecule has 0 bridgehead atoms. The Morgan fingerprint density at radius 3 is 1.77 bits per heavy atom. The SMILES string of the molecule is C=CC[C](N)([K])CC=C.O=[PH](O)O. The molecule has 0 heterocycles. The molecule has 0 fully saturated rings. The van der Waals surface area contributed by atoms with E-state index in [2.05, 4.69) is 13.2 Å². The monoisotopic (exact) mass is 231 g/mol. The normalized spacial score (nSPS) is 10.3. The van der Waals surface area contributed by atoms with Crippen LogP contribution in [0.3, 0.4) is 0 Å². The Balaban J connectivity index is 0. The van der Waals surface area contributed by atoms with E-state index in [1.807, 2.05) is 12.2 Å². The van der Waals surface area contributed by atoms with E-state index in [0.717, 1.165) is 12.8 Å². The Bertz CT molecular complexity index is 169. The van der Waals surface area contributed by atoms with Crippen molar-refractivity contribution < 1.29 is 14.4 Å². The van der Waals surface area contributed by atoms with Gasteiger partial charge in [-0.05, 0) is 0 Å². The molecule has 4 nitrogen and oxygen atoms in total. The van der Waals surface area contributed by atoms with Gasteiger partial charge in [0.15, 0.2) is 0 Å². The van der Waals surface area contributed by atoms with Gasteiger partial charge in [0, 0.05) is 0 Å². The molecule has 0 aliphatic carbocycles. The van der Waals surface area contributed by atoms with E-state index in [1.165, 1.54) is 0 Å². The Kier molecular flexibility index (Phi) is 12.5. The van der Waals surface area contributed by atoms with E-state index in [9.17, 15) is 0 Å². The fourth-order valence-electron chi connectivity index (χ4n) is 0.743. The van der Waals surface area contributed by atoms with Gasteiger partial charge < -0.3 is 9.79 Å². The van der Waals surface area contributed by atoms with Gasteiger partial charge >= 0.3 is 101 Å². The van der Waals surface area contributed by atoms with Gasteiger partial charge in [0.1, 0.15) is 0 Å². The van der Waals surface area contributed by atoms with Crippen molar-refractivity contribution in [2.45, 2.75) is 12.5 Å². The summed E-state index contributed by atoms with van der Waals surface area (Å²) in [6, 6.07) is 0. The van der Waals surface area contributed by atoms with Crippen LogP contribution in [-0.2, 0) is 4.57 Å². The second-order valence-electron chi connectivity index (χ2n) is 2.92. The first-order valence-electron chi connectivity index (χ1n) is 3.78. The van der Waals surface area contributed by atoms with E-state index >= 15 is 0 Å². The molecular formula is C7H15KNO3P. The minimum atomic E-state index is -3.13. The Labute approximate surface area is 113 Å². The van der Waals surface area contributed by atoms with E-state index in [1.54, 1.807) is 0 Å². The molecule has 0 amide bonds. The van der Waals surface area contributed by atoms with Crippen molar-refractivity contribution in [1.82, 2.24) is 0 Å². The molecule has 6 heteroatoms. The van der Waals surface area contributed by atoms with Crippen molar-refractivity contribution in [3.05, 3.63) is 25.3 Å². The van der Waals surface area contributed by atoms with Crippen LogP contribution in [0.25, 0.3) is 0 Å². The van der Waals surface area contributed by atoms with E-state index in [4.69, 9.17) is 20.1 Å². The predicted molar refractivity (Wildman–Crippen MR) is 55.7 cm³/mol. The topological polar surface area (TPSA) is 83.6 Å². The zero-order chi connectivity index (χ0) is 10.9. The zero-order valence-electron chi connectivity index (χ0n) is 7.86. The summed E-state index contributed by atoms with van der Waals surface area (Å²) in [4.78, 5) is 14.3. The van der Waals surface area contributed by atoms with E-state index in [-0.39, 0.29) is -0.367 Å². The van der Waals surface area contributed by atoms with Crippen LogP contribution in [0.1, 0.15) is 12.8 Å². The maximum atomic E-state index is 8.74. The minimum absolute atomic E-state index is 0.0521. The second-order valence-corrected chi connectivity index (χ2v) is 6.60. The predicted octanol–water partition coefficient (Wildman–Crippen LogP) is 0.323. The largest absolute Gasteiger partial charge is 0.326 e. The van der Waals surface area contributed by atoms with E-state index < -0.39 is 8.25 Å². The van der Waals surface area contributed by atoms with Crippen molar-refractivity contribution in [3.8, 4) is 0 Å².